The molecule has 2 heteroatoms. The van der Waals surface area contributed by atoms with Crippen molar-refractivity contribution in [2.45, 2.75) is 29.0 Å². The maximum Gasteiger partial charge on any atom is 0.122 e. The average molecular weight is 208 g/mol. The number of rotatable bonds is 0. The zero-order valence-corrected chi connectivity index (χ0v) is 6.86. The van der Waals surface area contributed by atoms with Crippen LogP contribution in [0.1, 0.15) is 25.7 Å². The molecule has 0 unspecified atom stereocenters. The van der Waals surface area contributed by atoms with Crippen molar-refractivity contribution in [2.24, 2.45) is 0 Å². The molecular formula is C5H10BI. The zero-order chi connectivity index (χ0) is 5.33. The summed E-state index contributed by atoms with van der Waals surface area (Å²) in [6, 6.07) is 0. The highest BCUT2D eigenvalue weighted by atomic mass is 127. The van der Waals surface area contributed by atoms with Gasteiger partial charge in [-0.15, -0.1) is 0 Å². The van der Waals surface area contributed by atoms with Crippen LogP contribution in [0.15, 0.2) is 0 Å². The molecule has 0 nitrogen and oxygen atoms in total. The van der Waals surface area contributed by atoms with Gasteiger partial charge in [-0.25, -0.2) is 0 Å². The van der Waals surface area contributed by atoms with E-state index in [1.54, 1.807) is 0 Å². The lowest BCUT2D eigenvalue weighted by molar-refractivity contribution is 0.865. The summed E-state index contributed by atoms with van der Waals surface area (Å²) >= 11 is 2.57. The molecule has 0 N–H and O–H groups in total. The fourth-order valence-corrected chi connectivity index (χ4v) is 1.87. The van der Waals surface area contributed by atoms with Gasteiger partial charge in [0, 0.05) is 0 Å². The first-order chi connectivity index (χ1) is 3.21. The Bertz CT molecular complexity index is 62.5. The van der Waals surface area contributed by atoms with E-state index in [9.17, 15) is 0 Å². The zero-order valence-electron chi connectivity index (χ0n) is 4.71. The molecule has 0 amide bonds. The van der Waals surface area contributed by atoms with E-state index in [1.807, 2.05) is 0 Å². The summed E-state index contributed by atoms with van der Waals surface area (Å²) in [5, 5.41) is 0. The first-order valence-corrected chi connectivity index (χ1v) is 3.97. The second kappa shape index (κ2) is 1.96. The van der Waals surface area contributed by atoms with Gasteiger partial charge in [-0.3, -0.25) is 0 Å². The first kappa shape index (κ1) is 5.92. The van der Waals surface area contributed by atoms with Gasteiger partial charge in [-0.2, -0.15) is 0 Å². The minimum atomic E-state index is 0.664. The summed E-state index contributed by atoms with van der Waals surface area (Å²) in [6.07, 6.45) is 5.79. The summed E-state index contributed by atoms with van der Waals surface area (Å²) in [5.41, 5.74) is 0. The van der Waals surface area contributed by atoms with E-state index < -0.39 is 0 Å². The molecule has 0 saturated heterocycles. The van der Waals surface area contributed by atoms with E-state index in [0.717, 1.165) is 0 Å². The van der Waals surface area contributed by atoms with Crippen LogP contribution in [-0.4, -0.2) is 11.2 Å². The van der Waals surface area contributed by atoms with E-state index in [1.165, 1.54) is 25.7 Å². The highest BCUT2D eigenvalue weighted by Crippen LogP contribution is 2.34. The van der Waals surface area contributed by atoms with E-state index in [2.05, 4.69) is 30.4 Å². The van der Waals surface area contributed by atoms with Gasteiger partial charge >= 0.3 is 0 Å². The van der Waals surface area contributed by atoms with Crippen molar-refractivity contribution in [1.29, 1.82) is 0 Å². The average Bonchev–Trinajstić information content (AvgIpc) is 1.84. The van der Waals surface area contributed by atoms with Crippen LogP contribution in [0.25, 0.3) is 0 Å². The highest BCUT2D eigenvalue weighted by Gasteiger charge is 2.23. The topological polar surface area (TPSA) is 0 Å². The van der Waals surface area contributed by atoms with E-state index in [0.29, 0.717) is 3.32 Å². The van der Waals surface area contributed by atoms with Crippen molar-refractivity contribution in [1.82, 2.24) is 0 Å². The molecule has 0 spiro atoms. The summed E-state index contributed by atoms with van der Waals surface area (Å²) in [7, 11) is 2.35. The predicted molar refractivity (Wildman–Crippen MR) is 43.8 cm³/mol. The summed E-state index contributed by atoms with van der Waals surface area (Å²) < 4.78 is 0.664. The molecule has 0 atom stereocenters. The van der Waals surface area contributed by atoms with Crippen molar-refractivity contribution >= 4 is 30.4 Å². The minimum Gasteiger partial charge on any atom is -0.0888 e. The molecule has 0 aromatic carbocycles. The SMILES string of the molecule is BC1(I)CCCC1. The van der Waals surface area contributed by atoms with Gasteiger partial charge in [0.1, 0.15) is 7.85 Å². The fourth-order valence-electron chi connectivity index (χ4n) is 1.11. The largest absolute Gasteiger partial charge is 0.122 e. The standard InChI is InChI=1S/C5H10BI/c6-5(7)3-1-2-4-5/h1-4,6H2. The van der Waals surface area contributed by atoms with Crippen molar-refractivity contribution in [3.63, 3.8) is 0 Å². The summed E-state index contributed by atoms with van der Waals surface area (Å²) in [4.78, 5) is 0. The molecule has 0 aromatic rings. The lowest BCUT2D eigenvalue weighted by atomic mass is 9.86. The molecule has 1 rings (SSSR count). The molecule has 1 aliphatic rings. The molecular weight excluding hydrogens is 198 g/mol. The van der Waals surface area contributed by atoms with Crippen molar-refractivity contribution in [2.75, 3.05) is 0 Å². The molecule has 1 fully saturated rings. The van der Waals surface area contributed by atoms with Crippen LogP contribution in [0, 0.1) is 0 Å². The first-order valence-electron chi connectivity index (χ1n) is 2.90. The van der Waals surface area contributed by atoms with Crippen LogP contribution >= 0.6 is 22.6 Å². The molecule has 1 aliphatic carbocycles. The maximum absolute atomic E-state index is 2.57. The summed E-state index contributed by atoms with van der Waals surface area (Å²) in [6.45, 7) is 0. The van der Waals surface area contributed by atoms with Gasteiger partial charge in [0.2, 0.25) is 0 Å². The normalized spacial score (nSPS) is 28.1. The molecule has 0 heterocycles. The van der Waals surface area contributed by atoms with Gasteiger partial charge < -0.3 is 0 Å². The van der Waals surface area contributed by atoms with Gasteiger partial charge in [0.05, 0.1) is 0 Å². The molecule has 1 saturated carbocycles. The molecule has 7 heavy (non-hydrogen) atoms. The Kier molecular flexibility index (Phi) is 1.66. The summed E-state index contributed by atoms with van der Waals surface area (Å²) in [5.74, 6) is 0. The molecule has 0 bridgehead atoms. The second-order valence-electron chi connectivity index (χ2n) is 2.62. The highest BCUT2D eigenvalue weighted by molar-refractivity contribution is 14.1. The Morgan fingerprint density at radius 2 is 1.71 bits per heavy atom. The van der Waals surface area contributed by atoms with Gasteiger partial charge in [0.25, 0.3) is 0 Å². The Hall–Kier alpha value is 0.795. The van der Waals surface area contributed by atoms with Crippen LogP contribution in [0.2, 0.25) is 0 Å². The van der Waals surface area contributed by atoms with Crippen LogP contribution in [0.5, 0.6) is 0 Å². The quantitative estimate of drug-likeness (QED) is 0.320. The third-order valence-corrected chi connectivity index (χ3v) is 2.72. The van der Waals surface area contributed by atoms with Crippen molar-refractivity contribution in [3.05, 3.63) is 0 Å². The van der Waals surface area contributed by atoms with Crippen LogP contribution < -0.4 is 0 Å². The van der Waals surface area contributed by atoms with Gasteiger partial charge in [-0.1, -0.05) is 35.4 Å². The smallest absolute Gasteiger partial charge is 0.0888 e. The Morgan fingerprint density at radius 3 is 1.86 bits per heavy atom. The Balaban J connectivity index is 2.40. The fraction of sp³-hybridized carbons (Fsp3) is 1.00. The molecule has 0 aromatic heterocycles. The third kappa shape index (κ3) is 1.63. The maximum atomic E-state index is 2.57. The van der Waals surface area contributed by atoms with E-state index in [4.69, 9.17) is 0 Å². The Labute approximate surface area is 59.6 Å². The van der Waals surface area contributed by atoms with Crippen LogP contribution in [0.4, 0.5) is 0 Å². The molecule has 0 aliphatic heterocycles. The lowest BCUT2D eigenvalue weighted by Gasteiger charge is -2.11. The van der Waals surface area contributed by atoms with Gasteiger partial charge in [-0.05, 0) is 16.2 Å². The molecule has 0 radical (unpaired) electrons. The van der Waals surface area contributed by atoms with Crippen molar-refractivity contribution < 1.29 is 0 Å². The monoisotopic (exact) mass is 208 g/mol. The van der Waals surface area contributed by atoms with E-state index in [-0.39, 0.29) is 0 Å². The Morgan fingerprint density at radius 1 is 1.29 bits per heavy atom. The van der Waals surface area contributed by atoms with Gasteiger partial charge in [0.15, 0.2) is 0 Å². The lowest BCUT2D eigenvalue weighted by Crippen LogP contribution is -2.13. The van der Waals surface area contributed by atoms with Crippen LogP contribution in [0.3, 0.4) is 0 Å². The van der Waals surface area contributed by atoms with Crippen molar-refractivity contribution in [3.8, 4) is 0 Å². The van der Waals surface area contributed by atoms with Crippen LogP contribution in [-0.2, 0) is 0 Å². The number of hydrogen-bond donors (Lipinski definition) is 0. The van der Waals surface area contributed by atoms with E-state index >= 15 is 0 Å². The number of alkyl halides is 1. The minimum absolute atomic E-state index is 0.664. The third-order valence-electron chi connectivity index (χ3n) is 1.65. The number of halogens is 1. The predicted octanol–water partition coefficient (Wildman–Crippen LogP) is 1.32. The second-order valence-corrected chi connectivity index (χ2v) is 5.22. The number of hydrogen-bond acceptors (Lipinski definition) is 0. The molecule has 40 valence electrons.